The largest absolute Gasteiger partial charge is 0.506 e. The molecule has 0 aliphatic carbocycles. The van der Waals surface area contributed by atoms with E-state index in [-0.39, 0.29) is 5.75 Å². The van der Waals surface area contributed by atoms with Gasteiger partial charge in [-0.3, -0.25) is 4.98 Å². The summed E-state index contributed by atoms with van der Waals surface area (Å²) in [6, 6.07) is 16.3. The minimum Gasteiger partial charge on any atom is -0.506 e. The quantitative estimate of drug-likeness (QED) is 0.496. The molecule has 0 bridgehead atoms. The predicted molar refractivity (Wildman–Crippen MR) is 98.6 cm³/mol. The number of anilines is 3. The van der Waals surface area contributed by atoms with Gasteiger partial charge in [0.25, 0.3) is 0 Å². The van der Waals surface area contributed by atoms with Gasteiger partial charge in [-0.1, -0.05) is 18.2 Å². The number of rotatable bonds is 3. The van der Waals surface area contributed by atoms with Crippen LogP contribution in [0.4, 0.5) is 17.2 Å². The second kappa shape index (κ2) is 6.09. The normalized spacial score (nSPS) is 10.7. The third kappa shape index (κ3) is 2.81. The number of fused-ring (bicyclic) bond motifs is 1. The van der Waals surface area contributed by atoms with Crippen LogP contribution in [0, 0.1) is 0 Å². The number of phenolic OH excluding ortho intramolecular Hbond substituents is 1. The number of benzene rings is 2. The van der Waals surface area contributed by atoms with Crippen molar-refractivity contribution in [3.8, 4) is 17.1 Å². The van der Waals surface area contributed by atoms with Crippen LogP contribution in [-0.2, 0) is 0 Å². The van der Waals surface area contributed by atoms with Crippen molar-refractivity contribution in [2.45, 2.75) is 0 Å². The molecule has 2 aromatic heterocycles. The summed E-state index contributed by atoms with van der Waals surface area (Å²) in [5.74, 6) is 1.13. The first-order valence-electron chi connectivity index (χ1n) is 7.74. The monoisotopic (exact) mass is 329 g/mol. The number of aromatic hydroxyl groups is 1. The Kier molecular flexibility index (Phi) is 3.63. The SMILES string of the molecule is Nc1ccccc1Nc1nc(-c2cccnc2)nc2c(O)cccc12. The summed E-state index contributed by atoms with van der Waals surface area (Å²) in [4.78, 5) is 13.2. The molecule has 4 rings (SSSR count). The number of para-hydroxylation sites is 3. The summed E-state index contributed by atoms with van der Waals surface area (Å²) in [6.07, 6.45) is 3.37. The molecule has 0 saturated carbocycles. The highest BCUT2D eigenvalue weighted by atomic mass is 16.3. The van der Waals surface area contributed by atoms with Crippen molar-refractivity contribution in [3.05, 3.63) is 67.0 Å². The van der Waals surface area contributed by atoms with Crippen LogP contribution >= 0.6 is 0 Å². The fraction of sp³-hybridized carbons (Fsp3) is 0. The first kappa shape index (κ1) is 14.9. The Labute approximate surface area is 144 Å². The molecule has 2 aromatic carbocycles. The lowest BCUT2D eigenvalue weighted by Gasteiger charge is -2.13. The summed E-state index contributed by atoms with van der Waals surface area (Å²) >= 11 is 0. The van der Waals surface area contributed by atoms with E-state index in [2.05, 4.69) is 20.3 Å². The molecule has 6 nitrogen and oxygen atoms in total. The van der Waals surface area contributed by atoms with E-state index in [1.165, 1.54) is 0 Å². The van der Waals surface area contributed by atoms with Crippen LogP contribution in [0.1, 0.15) is 0 Å². The molecule has 0 saturated heterocycles. The van der Waals surface area contributed by atoms with E-state index in [4.69, 9.17) is 5.73 Å². The zero-order valence-electron chi connectivity index (χ0n) is 13.2. The topological polar surface area (TPSA) is 97.0 Å². The summed E-state index contributed by atoms with van der Waals surface area (Å²) < 4.78 is 0. The molecule has 0 atom stereocenters. The third-order valence-corrected chi connectivity index (χ3v) is 3.84. The lowest BCUT2D eigenvalue weighted by Crippen LogP contribution is -2.01. The van der Waals surface area contributed by atoms with Crippen molar-refractivity contribution < 1.29 is 5.11 Å². The lowest BCUT2D eigenvalue weighted by atomic mass is 10.2. The highest BCUT2D eigenvalue weighted by Gasteiger charge is 2.13. The molecular weight excluding hydrogens is 314 g/mol. The van der Waals surface area contributed by atoms with Crippen molar-refractivity contribution >= 4 is 28.1 Å². The molecule has 0 amide bonds. The maximum Gasteiger partial charge on any atom is 0.163 e. The van der Waals surface area contributed by atoms with Crippen molar-refractivity contribution in [3.63, 3.8) is 0 Å². The van der Waals surface area contributed by atoms with Gasteiger partial charge in [0.2, 0.25) is 0 Å². The van der Waals surface area contributed by atoms with Crippen LogP contribution in [0.15, 0.2) is 67.0 Å². The van der Waals surface area contributed by atoms with Gasteiger partial charge in [-0.05, 0) is 36.4 Å². The van der Waals surface area contributed by atoms with Gasteiger partial charge in [-0.25, -0.2) is 9.97 Å². The van der Waals surface area contributed by atoms with Gasteiger partial charge in [0.15, 0.2) is 5.82 Å². The standard InChI is InChI=1S/C19H15N5O/c20-14-7-1-2-8-15(14)22-19-13-6-3-9-16(25)17(13)23-18(24-19)12-5-4-10-21-11-12/h1-11,25H,20H2,(H,22,23,24). The van der Waals surface area contributed by atoms with Gasteiger partial charge in [0, 0.05) is 23.3 Å². The fourth-order valence-corrected chi connectivity index (χ4v) is 2.59. The second-order valence-electron chi connectivity index (χ2n) is 5.52. The van der Waals surface area contributed by atoms with Crippen molar-refractivity contribution in [1.29, 1.82) is 0 Å². The molecule has 0 unspecified atom stereocenters. The van der Waals surface area contributed by atoms with Crippen LogP contribution in [0.2, 0.25) is 0 Å². The maximum absolute atomic E-state index is 10.2. The molecule has 4 aromatic rings. The van der Waals surface area contributed by atoms with E-state index in [1.54, 1.807) is 24.5 Å². The van der Waals surface area contributed by atoms with Crippen LogP contribution < -0.4 is 11.1 Å². The Bertz CT molecular complexity index is 1050. The first-order chi connectivity index (χ1) is 12.2. The summed E-state index contributed by atoms with van der Waals surface area (Å²) in [5.41, 5.74) is 8.60. The second-order valence-corrected chi connectivity index (χ2v) is 5.52. The van der Waals surface area contributed by atoms with Crippen molar-refractivity contribution in [2.24, 2.45) is 0 Å². The molecule has 0 aliphatic rings. The third-order valence-electron chi connectivity index (χ3n) is 3.84. The van der Waals surface area contributed by atoms with E-state index in [0.29, 0.717) is 28.2 Å². The summed E-state index contributed by atoms with van der Waals surface area (Å²) in [5, 5.41) is 14.2. The Morgan fingerprint density at radius 1 is 0.920 bits per heavy atom. The number of phenols is 1. The molecule has 6 heteroatoms. The average Bonchev–Trinajstić information content (AvgIpc) is 2.65. The van der Waals surface area contributed by atoms with E-state index in [0.717, 1.165) is 11.3 Å². The maximum atomic E-state index is 10.2. The minimum atomic E-state index is 0.0918. The number of hydrogen-bond acceptors (Lipinski definition) is 6. The van der Waals surface area contributed by atoms with E-state index >= 15 is 0 Å². The molecule has 4 N–H and O–H groups in total. The van der Waals surface area contributed by atoms with Crippen LogP contribution in [0.5, 0.6) is 5.75 Å². The number of nitrogens with one attached hydrogen (secondary N) is 1. The smallest absolute Gasteiger partial charge is 0.163 e. The molecule has 122 valence electrons. The Morgan fingerprint density at radius 2 is 1.80 bits per heavy atom. The van der Waals surface area contributed by atoms with E-state index in [1.807, 2.05) is 42.5 Å². The number of nitrogen functional groups attached to an aromatic ring is 1. The van der Waals surface area contributed by atoms with Gasteiger partial charge >= 0.3 is 0 Å². The number of aromatic nitrogens is 3. The first-order valence-corrected chi connectivity index (χ1v) is 7.74. The molecule has 0 spiro atoms. The highest BCUT2D eigenvalue weighted by molar-refractivity contribution is 5.96. The lowest BCUT2D eigenvalue weighted by molar-refractivity contribution is 0.480. The van der Waals surface area contributed by atoms with E-state index < -0.39 is 0 Å². The zero-order valence-corrected chi connectivity index (χ0v) is 13.2. The van der Waals surface area contributed by atoms with Gasteiger partial charge in [-0.15, -0.1) is 0 Å². The zero-order chi connectivity index (χ0) is 17.2. The number of nitrogens with two attached hydrogens (primary N) is 1. The predicted octanol–water partition coefficient (Wildman–Crippen LogP) is 3.72. The summed E-state index contributed by atoms with van der Waals surface area (Å²) in [6.45, 7) is 0. The van der Waals surface area contributed by atoms with Crippen molar-refractivity contribution in [1.82, 2.24) is 15.0 Å². The van der Waals surface area contributed by atoms with Crippen LogP contribution in [0.25, 0.3) is 22.3 Å². The molecule has 0 radical (unpaired) electrons. The van der Waals surface area contributed by atoms with Gasteiger partial charge in [-0.2, -0.15) is 0 Å². The molecule has 2 heterocycles. The summed E-state index contributed by atoms with van der Waals surface area (Å²) in [7, 11) is 0. The molecule has 0 aliphatic heterocycles. The van der Waals surface area contributed by atoms with E-state index in [9.17, 15) is 5.11 Å². The Morgan fingerprint density at radius 3 is 2.60 bits per heavy atom. The average molecular weight is 329 g/mol. The van der Waals surface area contributed by atoms with Gasteiger partial charge < -0.3 is 16.2 Å². The fourth-order valence-electron chi connectivity index (χ4n) is 2.59. The number of hydrogen-bond donors (Lipinski definition) is 3. The molecule has 0 fully saturated rings. The van der Waals surface area contributed by atoms with Crippen molar-refractivity contribution in [2.75, 3.05) is 11.1 Å². The van der Waals surface area contributed by atoms with Crippen LogP contribution in [-0.4, -0.2) is 20.1 Å². The molecule has 25 heavy (non-hydrogen) atoms. The number of pyridine rings is 1. The Hall–Kier alpha value is -3.67. The van der Waals surface area contributed by atoms with Crippen LogP contribution in [0.3, 0.4) is 0 Å². The van der Waals surface area contributed by atoms with Gasteiger partial charge in [0.1, 0.15) is 17.1 Å². The number of nitrogens with zero attached hydrogens (tertiary/aromatic N) is 3. The molecular formula is C19H15N5O. The Balaban J connectivity index is 1.93. The highest BCUT2D eigenvalue weighted by Crippen LogP contribution is 2.32. The minimum absolute atomic E-state index is 0.0918. The van der Waals surface area contributed by atoms with Gasteiger partial charge in [0.05, 0.1) is 11.4 Å².